The molecular formula is C6H10N4O3. The lowest BCUT2D eigenvalue weighted by molar-refractivity contribution is -0.394. The van der Waals surface area contributed by atoms with E-state index >= 15 is 0 Å². The molecule has 1 N–H and O–H groups in total. The largest absolute Gasteiger partial charge is 0.490 e. The van der Waals surface area contributed by atoms with Crippen LogP contribution < -0.4 is 0 Å². The van der Waals surface area contributed by atoms with Gasteiger partial charge in [0.25, 0.3) is 0 Å². The molecule has 0 aliphatic heterocycles. The first-order chi connectivity index (χ1) is 6.02. The summed E-state index contributed by atoms with van der Waals surface area (Å²) in [5.74, 6) is -0.451. The second kappa shape index (κ2) is 3.48. The molecule has 0 aromatic carbocycles. The van der Waals surface area contributed by atoms with Crippen molar-refractivity contribution in [3.05, 3.63) is 16.4 Å². The van der Waals surface area contributed by atoms with Crippen molar-refractivity contribution in [3.63, 3.8) is 0 Å². The van der Waals surface area contributed by atoms with Crippen molar-refractivity contribution in [2.45, 2.75) is 26.0 Å². The van der Waals surface area contributed by atoms with Crippen molar-refractivity contribution in [1.82, 2.24) is 14.8 Å². The third kappa shape index (κ3) is 2.00. The van der Waals surface area contributed by atoms with Gasteiger partial charge >= 0.3 is 5.95 Å². The van der Waals surface area contributed by atoms with E-state index in [1.165, 1.54) is 11.0 Å². The SMILES string of the molecule is CC(O)C(C)n1cnc([N+](=O)[O-])n1. The van der Waals surface area contributed by atoms with E-state index in [4.69, 9.17) is 5.11 Å². The molecule has 13 heavy (non-hydrogen) atoms. The average Bonchev–Trinajstić information content (AvgIpc) is 2.50. The second-order valence-electron chi connectivity index (χ2n) is 2.76. The highest BCUT2D eigenvalue weighted by Crippen LogP contribution is 2.10. The summed E-state index contributed by atoms with van der Waals surface area (Å²) < 4.78 is 1.27. The average molecular weight is 186 g/mol. The molecule has 7 heteroatoms. The summed E-state index contributed by atoms with van der Waals surface area (Å²) in [4.78, 5) is 13.0. The van der Waals surface area contributed by atoms with E-state index < -0.39 is 17.0 Å². The van der Waals surface area contributed by atoms with Crippen LogP contribution in [0.5, 0.6) is 0 Å². The number of hydrogen-bond acceptors (Lipinski definition) is 5. The molecule has 0 fully saturated rings. The van der Waals surface area contributed by atoms with Crippen molar-refractivity contribution in [3.8, 4) is 0 Å². The standard InChI is InChI=1S/C6H10N4O3/c1-4(5(2)11)9-3-7-6(8-9)10(12)13/h3-5,11H,1-2H3. The Morgan fingerprint density at radius 2 is 2.31 bits per heavy atom. The molecular weight excluding hydrogens is 176 g/mol. The van der Waals surface area contributed by atoms with Crippen molar-refractivity contribution in [2.75, 3.05) is 0 Å². The topological polar surface area (TPSA) is 94.1 Å². The van der Waals surface area contributed by atoms with Crippen LogP contribution in [0.2, 0.25) is 0 Å². The van der Waals surface area contributed by atoms with Gasteiger partial charge in [-0.05, 0) is 18.8 Å². The number of aliphatic hydroxyl groups excluding tert-OH is 1. The Balaban J connectivity index is 2.85. The minimum atomic E-state index is -0.675. The smallest absolute Gasteiger partial charge is 0.391 e. The Labute approximate surface area is 74.2 Å². The number of nitro groups is 1. The zero-order chi connectivity index (χ0) is 10.0. The molecule has 1 heterocycles. The molecule has 0 saturated carbocycles. The van der Waals surface area contributed by atoms with E-state index in [9.17, 15) is 10.1 Å². The molecule has 7 nitrogen and oxygen atoms in total. The minimum Gasteiger partial charge on any atom is -0.391 e. The molecule has 0 radical (unpaired) electrons. The number of nitrogens with zero attached hydrogens (tertiary/aromatic N) is 4. The highest BCUT2D eigenvalue weighted by molar-refractivity contribution is 4.97. The van der Waals surface area contributed by atoms with Crippen LogP contribution in [-0.2, 0) is 0 Å². The lowest BCUT2D eigenvalue weighted by Gasteiger charge is -2.10. The van der Waals surface area contributed by atoms with E-state index in [2.05, 4.69) is 10.1 Å². The Morgan fingerprint density at radius 3 is 2.69 bits per heavy atom. The highest BCUT2D eigenvalue weighted by Gasteiger charge is 2.19. The molecule has 0 aliphatic rings. The summed E-state index contributed by atoms with van der Waals surface area (Å²) in [5, 5.41) is 23.0. The molecule has 0 bridgehead atoms. The molecule has 2 unspecified atom stereocenters. The lowest BCUT2D eigenvalue weighted by atomic mass is 10.2. The van der Waals surface area contributed by atoms with E-state index in [0.717, 1.165) is 0 Å². The molecule has 0 aliphatic carbocycles. The van der Waals surface area contributed by atoms with Gasteiger partial charge in [0.05, 0.1) is 12.1 Å². The van der Waals surface area contributed by atoms with Crippen LogP contribution in [0.3, 0.4) is 0 Å². The zero-order valence-electron chi connectivity index (χ0n) is 7.28. The Morgan fingerprint density at radius 1 is 1.69 bits per heavy atom. The molecule has 1 aromatic heterocycles. The summed E-state index contributed by atoms with van der Waals surface area (Å²) >= 11 is 0. The van der Waals surface area contributed by atoms with Crippen LogP contribution in [-0.4, -0.2) is 30.9 Å². The van der Waals surface area contributed by atoms with Gasteiger partial charge in [-0.1, -0.05) is 4.98 Å². The Hall–Kier alpha value is -1.50. The van der Waals surface area contributed by atoms with Crippen LogP contribution >= 0.6 is 0 Å². The number of aliphatic hydroxyl groups is 1. The van der Waals surface area contributed by atoms with Gasteiger partial charge < -0.3 is 15.2 Å². The predicted molar refractivity (Wildman–Crippen MR) is 43.1 cm³/mol. The predicted octanol–water partition coefficient (Wildman–Crippen LogP) is 0.128. The van der Waals surface area contributed by atoms with E-state index in [0.29, 0.717) is 0 Å². The molecule has 1 rings (SSSR count). The van der Waals surface area contributed by atoms with Crippen LogP contribution in [0, 0.1) is 10.1 Å². The molecule has 0 amide bonds. The first-order valence-corrected chi connectivity index (χ1v) is 3.76. The maximum absolute atomic E-state index is 10.2. The summed E-state index contributed by atoms with van der Waals surface area (Å²) in [7, 11) is 0. The van der Waals surface area contributed by atoms with Gasteiger partial charge in [0, 0.05) is 5.10 Å². The van der Waals surface area contributed by atoms with E-state index in [-0.39, 0.29) is 6.04 Å². The van der Waals surface area contributed by atoms with Gasteiger partial charge in [0.2, 0.25) is 6.33 Å². The molecule has 0 spiro atoms. The lowest BCUT2D eigenvalue weighted by Crippen LogP contribution is -2.18. The summed E-state index contributed by atoms with van der Waals surface area (Å²) in [6, 6.07) is -0.318. The van der Waals surface area contributed by atoms with Gasteiger partial charge in [-0.2, -0.15) is 4.68 Å². The van der Waals surface area contributed by atoms with Crippen LogP contribution in [0.4, 0.5) is 5.95 Å². The molecule has 0 saturated heterocycles. The maximum Gasteiger partial charge on any atom is 0.490 e. The van der Waals surface area contributed by atoms with Crippen molar-refractivity contribution >= 4 is 5.95 Å². The highest BCUT2D eigenvalue weighted by atomic mass is 16.6. The van der Waals surface area contributed by atoms with Gasteiger partial charge in [0.1, 0.15) is 0 Å². The fourth-order valence-corrected chi connectivity index (χ4v) is 0.767. The molecule has 1 aromatic rings. The van der Waals surface area contributed by atoms with Gasteiger partial charge in [-0.3, -0.25) is 0 Å². The molecule has 72 valence electrons. The normalized spacial score (nSPS) is 15.3. The number of aromatic nitrogens is 3. The van der Waals surface area contributed by atoms with Crippen molar-refractivity contribution in [2.24, 2.45) is 0 Å². The summed E-state index contributed by atoms with van der Waals surface area (Å²) in [5.41, 5.74) is 0. The maximum atomic E-state index is 10.2. The summed E-state index contributed by atoms with van der Waals surface area (Å²) in [6.45, 7) is 3.28. The van der Waals surface area contributed by atoms with Crippen molar-refractivity contribution < 1.29 is 10.0 Å². The van der Waals surface area contributed by atoms with Crippen LogP contribution in [0.1, 0.15) is 19.9 Å². The first-order valence-electron chi connectivity index (χ1n) is 3.76. The minimum absolute atomic E-state index is 0.318. The Kier molecular flexibility index (Phi) is 2.57. The first kappa shape index (κ1) is 9.59. The van der Waals surface area contributed by atoms with Gasteiger partial charge in [-0.15, -0.1) is 0 Å². The zero-order valence-corrected chi connectivity index (χ0v) is 7.28. The third-order valence-electron chi connectivity index (χ3n) is 1.78. The fraction of sp³-hybridized carbons (Fsp3) is 0.667. The van der Waals surface area contributed by atoms with Gasteiger partial charge in [-0.25, -0.2) is 0 Å². The third-order valence-corrected chi connectivity index (χ3v) is 1.78. The number of rotatable bonds is 3. The van der Waals surface area contributed by atoms with E-state index in [1.807, 2.05) is 0 Å². The quantitative estimate of drug-likeness (QED) is 0.534. The van der Waals surface area contributed by atoms with Crippen LogP contribution in [0.15, 0.2) is 6.33 Å². The van der Waals surface area contributed by atoms with Crippen molar-refractivity contribution in [1.29, 1.82) is 0 Å². The van der Waals surface area contributed by atoms with Gasteiger partial charge in [0.15, 0.2) is 0 Å². The summed E-state index contributed by atoms with van der Waals surface area (Å²) in [6.07, 6.45) is 0.608. The van der Waals surface area contributed by atoms with Crippen LogP contribution in [0.25, 0.3) is 0 Å². The second-order valence-corrected chi connectivity index (χ2v) is 2.76. The molecule has 2 atom stereocenters. The number of hydrogen-bond donors (Lipinski definition) is 1. The van der Waals surface area contributed by atoms with E-state index in [1.54, 1.807) is 13.8 Å². The monoisotopic (exact) mass is 186 g/mol. The Bertz CT molecular complexity index is 309. The fourth-order valence-electron chi connectivity index (χ4n) is 0.767.